The topological polar surface area (TPSA) is 90.7 Å². The summed E-state index contributed by atoms with van der Waals surface area (Å²) in [6, 6.07) is 9.42. The second-order valence-corrected chi connectivity index (χ2v) is 4.43. The molecule has 1 amide bonds. The highest BCUT2D eigenvalue weighted by Crippen LogP contribution is 2.21. The maximum Gasteiger partial charge on any atom is 0.271 e. The minimum atomic E-state index is -0.770. The van der Waals surface area contributed by atoms with Crippen LogP contribution in [0.4, 0.5) is 15.8 Å². The van der Waals surface area contributed by atoms with Crippen LogP contribution < -0.4 is 14.8 Å². The molecular formula is C15H13FN2O5. The van der Waals surface area contributed by atoms with Crippen molar-refractivity contribution < 1.29 is 23.6 Å². The molecule has 23 heavy (non-hydrogen) atoms. The van der Waals surface area contributed by atoms with Gasteiger partial charge in [0.25, 0.3) is 11.6 Å². The van der Waals surface area contributed by atoms with Gasteiger partial charge < -0.3 is 14.8 Å². The van der Waals surface area contributed by atoms with Crippen LogP contribution in [0.2, 0.25) is 0 Å². The zero-order chi connectivity index (χ0) is 16.8. The number of halogens is 1. The highest BCUT2D eigenvalue weighted by Gasteiger charge is 2.13. The normalized spacial score (nSPS) is 10.0. The lowest BCUT2D eigenvalue weighted by Gasteiger charge is -2.08. The number of ether oxygens (including phenoxy) is 2. The number of carbonyl (C=O) groups is 1. The van der Waals surface area contributed by atoms with Crippen molar-refractivity contribution in [1.29, 1.82) is 0 Å². The zero-order valence-corrected chi connectivity index (χ0v) is 12.1. The number of nitrogens with one attached hydrogen (secondary N) is 1. The minimum Gasteiger partial charge on any atom is -0.497 e. The van der Waals surface area contributed by atoms with E-state index in [-0.39, 0.29) is 18.0 Å². The Morgan fingerprint density at radius 1 is 1.22 bits per heavy atom. The SMILES string of the molecule is COc1ccc(OCC(=O)Nc2cc([N+](=O)[O-])ccc2F)cc1. The minimum absolute atomic E-state index is 0.275. The maximum atomic E-state index is 13.5. The molecule has 2 rings (SSSR count). The molecule has 0 radical (unpaired) electrons. The number of benzene rings is 2. The van der Waals surface area contributed by atoms with Crippen LogP contribution in [0.1, 0.15) is 0 Å². The molecule has 0 aliphatic heterocycles. The lowest BCUT2D eigenvalue weighted by Crippen LogP contribution is -2.20. The first-order valence-corrected chi connectivity index (χ1v) is 6.50. The Morgan fingerprint density at radius 2 is 1.87 bits per heavy atom. The van der Waals surface area contributed by atoms with Crippen molar-refractivity contribution in [2.45, 2.75) is 0 Å². The van der Waals surface area contributed by atoms with E-state index >= 15 is 0 Å². The fourth-order valence-corrected chi connectivity index (χ4v) is 1.73. The number of hydrogen-bond acceptors (Lipinski definition) is 5. The zero-order valence-electron chi connectivity index (χ0n) is 12.1. The van der Waals surface area contributed by atoms with Gasteiger partial charge in [0.15, 0.2) is 6.61 Å². The summed E-state index contributed by atoms with van der Waals surface area (Å²) in [5.41, 5.74) is -0.597. The highest BCUT2D eigenvalue weighted by molar-refractivity contribution is 5.92. The van der Waals surface area contributed by atoms with Gasteiger partial charge in [-0.05, 0) is 30.3 Å². The summed E-state index contributed by atoms with van der Waals surface area (Å²) < 4.78 is 23.8. The van der Waals surface area contributed by atoms with E-state index in [0.717, 1.165) is 18.2 Å². The third-order valence-corrected chi connectivity index (χ3v) is 2.86. The molecule has 0 aliphatic rings. The van der Waals surface area contributed by atoms with Gasteiger partial charge in [0.2, 0.25) is 0 Å². The largest absolute Gasteiger partial charge is 0.497 e. The summed E-state index contributed by atoms with van der Waals surface area (Å²) in [6.07, 6.45) is 0. The molecule has 8 heteroatoms. The molecule has 0 bridgehead atoms. The van der Waals surface area contributed by atoms with Crippen LogP contribution in [0.15, 0.2) is 42.5 Å². The molecule has 0 fully saturated rings. The Morgan fingerprint density at radius 3 is 2.48 bits per heavy atom. The molecule has 7 nitrogen and oxygen atoms in total. The summed E-state index contributed by atoms with van der Waals surface area (Å²) >= 11 is 0. The number of non-ortho nitro benzene ring substituents is 1. The van der Waals surface area contributed by atoms with E-state index in [1.54, 1.807) is 24.3 Å². The molecule has 0 aliphatic carbocycles. The van der Waals surface area contributed by atoms with Crippen LogP contribution in [0.5, 0.6) is 11.5 Å². The van der Waals surface area contributed by atoms with Gasteiger partial charge in [-0.2, -0.15) is 0 Å². The Labute approximate surface area is 130 Å². The number of amides is 1. The molecule has 0 spiro atoms. The van der Waals surface area contributed by atoms with Gasteiger partial charge in [-0.25, -0.2) is 4.39 Å². The average Bonchev–Trinajstić information content (AvgIpc) is 2.55. The number of carbonyl (C=O) groups excluding carboxylic acids is 1. The Bertz CT molecular complexity index is 718. The molecule has 2 aromatic rings. The molecule has 0 aromatic heterocycles. The summed E-state index contributed by atoms with van der Waals surface area (Å²) in [6.45, 7) is -0.367. The number of nitro benzene ring substituents is 1. The molecule has 1 N–H and O–H groups in total. The van der Waals surface area contributed by atoms with Crippen molar-refractivity contribution in [2.75, 3.05) is 19.0 Å². The van der Waals surface area contributed by atoms with Crippen LogP contribution in [0, 0.1) is 15.9 Å². The van der Waals surface area contributed by atoms with Crippen LogP contribution in [0.25, 0.3) is 0 Å². The van der Waals surface area contributed by atoms with E-state index in [2.05, 4.69) is 5.32 Å². The van der Waals surface area contributed by atoms with Crippen molar-refractivity contribution >= 4 is 17.3 Å². The standard InChI is InChI=1S/C15H13FN2O5/c1-22-11-3-5-12(6-4-11)23-9-15(19)17-14-8-10(18(20)21)2-7-13(14)16/h2-8H,9H2,1H3,(H,17,19). The van der Waals surface area contributed by atoms with Gasteiger partial charge in [-0.3, -0.25) is 14.9 Å². The number of nitro groups is 1. The number of rotatable bonds is 6. The highest BCUT2D eigenvalue weighted by atomic mass is 19.1. The molecule has 0 saturated carbocycles. The van der Waals surface area contributed by atoms with Crippen molar-refractivity contribution in [2.24, 2.45) is 0 Å². The quantitative estimate of drug-likeness (QED) is 0.653. The number of hydrogen-bond donors (Lipinski definition) is 1. The van der Waals surface area contributed by atoms with Gasteiger partial charge in [-0.1, -0.05) is 0 Å². The molecule has 0 heterocycles. The van der Waals surface area contributed by atoms with Crippen LogP contribution in [-0.4, -0.2) is 24.5 Å². The van der Waals surface area contributed by atoms with Gasteiger partial charge in [0.05, 0.1) is 17.7 Å². The van der Waals surface area contributed by atoms with Crippen molar-refractivity contribution in [3.05, 3.63) is 58.4 Å². The predicted octanol–water partition coefficient (Wildman–Crippen LogP) is 2.76. The first-order valence-electron chi connectivity index (χ1n) is 6.50. The lowest BCUT2D eigenvalue weighted by atomic mass is 10.2. The van der Waals surface area contributed by atoms with Gasteiger partial charge in [0, 0.05) is 12.1 Å². The van der Waals surface area contributed by atoms with Crippen molar-refractivity contribution in [3.63, 3.8) is 0 Å². The number of methoxy groups -OCH3 is 1. The van der Waals surface area contributed by atoms with E-state index < -0.39 is 16.6 Å². The third-order valence-electron chi connectivity index (χ3n) is 2.86. The molecule has 2 aromatic carbocycles. The van der Waals surface area contributed by atoms with Crippen LogP contribution >= 0.6 is 0 Å². The van der Waals surface area contributed by atoms with E-state index in [9.17, 15) is 19.3 Å². The Balaban J connectivity index is 1.96. The second-order valence-electron chi connectivity index (χ2n) is 4.43. The van der Waals surface area contributed by atoms with Crippen molar-refractivity contribution in [1.82, 2.24) is 0 Å². The Hall–Kier alpha value is -3.16. The van der Waals surface area contributed by atoms with E-state index in [0.29, 0.717) is 11.5 Å². The second kappa shape index (κ2) is 7.21. The van der Waals surface area contributed by atoms with Crippen LogP contribution in [0.3, 0.4) is 0 Å². The smallest absolute Gasteiger partial charge is 0.271 e. The van der Waals surface area contributed by atoms with Gasteiger partial charge >= 0.3 is 0 Å². The van der Waals surface area contributed by atoms with Crippen LogP contribution in [-0.2, 0) is 4.79 Å². The summed E-state index contributed by atoms with van der Waals surface area (Å²) in [5, 5.41) is 12.9. The van der Waals surface area contributed by atoms with E-state index in [1.807, 2.05) is 0 Å². The van der Waals surface area contributed by atoms with E-state index in [1.165, 1.54) is 7.11 Å². The Kier molecular flexibility index (Phi) is 5.08. The predicted molar refractivity (Wildman–Crippen MR) is 80.2 cm³/mol. The number of anilines is 1. The summed E-state index contributed by atoms with van der Waals surface area (Å²) in [5.74, 6) is -0.338. The van der Waals surface area contributed by atoms with Gasteiger partial charge in [0.1, 0.15) is 17.3 Å². The molecule has 0 atom stereocenters. The number of nitrogens with zero attached hydrogens (tertiary/aromatic N) is 1. The van der Waals surface area contributed by atoms with Gasteiger partial charge in [-0.15, -0.1) is 0 Å². The summed E-state index contributed by atoms with van der Waals surface area (Å²) in [4.78, 5) is 21.7. The molecule has 120 valence electrons. The maximum absolute atomic E-state index is 13.5. The molecule has 0 unspecified atom stereocenters. The lowest BCUT2D eigenvalue weighted by molar-refractivity contribution is -0.384. The average molecular weight is 320 g/mol. The molecular weight excluding hydrogens is 307 g/mol. The first-order chi connectivity index (χ1) is 11.0. The fraction of sp³-hybridized carbons (Fsp3) is 0.133. The fourth-order valence-electron chi connectivity index (χ4n) is 1.73. The van der Waals surface area contributed by atoms with E-state index in [4.69, 9.17) is 9.47 Å². The third kappa shape index (κ3) is 4.40. The molecule has 0 saturated heterocycles. The van der Waals surface area contributed by atoms with Crippen molar-refractivity contribution in [3.8, 4) is 11.5 Å². The monoisotopic (exact) mass is 320 g/mol. The first kappa shape index (κ1) is 16.2. The summed E-state index contributed by atoms with van der Waals surface area (Å²) in [7, 11) is 1.52.